The van der Waals surface area contributed by atoms with Gasteiger partial charge in [-0.05, 0) is 50.2 Å². The molecule has 2 nitrogen and oxygen atoms in total. The third kappa shape index (κ3) is 2.95. The van der Waals surface area contributed by atoms with Crippen LogP contribution in [0, 0.1) is 5.41 Å². The fraction of sp³-hybridized carbons (Fsp3) is 0.615. The SMILES string of the molecule is CC1=C(/C=C/C(C)=N\O)C(C)(C)CCC1. The Labute approximate surface area is 92.4 Å². The van der Waals surface area contributed by atoms with Crippen LogP contribution in [0.25, 0.3) is 0 Å². The highest BCUT2D eigenvalue weighted by Crippen LogP contribution is 2.40. The zero-order valence-corrected chi connectivity index (χ0v) is 10.2. The zero-order chi connectivity index (χ0) is 11.5. The molecule has 0 unspecified atom stereocenters. The maximum atomic E-state index is 8.58. The molecule has 0 aromatic carbocycles. The third-order valence-electron chi connectivity index (χ3n) is 3.19. The molecular formula is C13H21NO. The van der Waals surface area contributed by atoms with Gasteiger partial charge in [0.2, 0.25) is 0 Å². The lowest BCUT2D eigenvalue weighted by Crippen LogP contribution is -2.19. The van der Waals surface area contributed by atoms with Gasteiger partial charge >= 0.3 is 0 Å². The van der Waals surface area contributed by atoms with Crippen molar-refractivity contribution in [1.82, 2.24) is 0 Å². The first kappa shape index (κ1) is 12.0. The minimum absolute atomic E-state index is 0.259. The van der Waals surface area contributed by atoms with E-state index in [1.165, 1.54) is 30.4 Å². The first-order valence-corrected chi connectivity index (χ1v) is 5.54. The minimum Gasteiger partial charge on any atom is -0.411 e. The maximum absolute atomic E-state index is 8.58. The number of oxime groups is 1. The van der Waals surface area contributed by atoms with Crippen LogP contribution in [0.2, 0.25) is 0 Å². The summed E-state index contributed by atoms with van der Waals surface area (Å²) in [6.07, 6.45) is 7.69. The van der Waals surface area contributed by atoms with Crippen molar-refractivity contribution in [2.45, 2.75) is 47.0 Å². The third-order valence-corrected chi connectivity index (χ3v) is 3.19. The Morgan fingerprint density at radius 2 is 2.13 bits per heavy atom. The quantitative estimate of drug-likeness (QED) is 0.415. The van der Waals surface area contributed by atoms with Gasteiger partial charge in [0.15, 0.2) is 0 Å². The molecule has 0 atom stereocenters. The molecule has 0 fully saturated rings. The predicted octanol–water partition coefficient (Wildman–Crippen LogP) is 3.92. The molecule has 15 heavy (non-hydrogen) atoms. The number of allylic oxidation sites excluding steroid dienone is 4. The highest BCUT2D eigenvalue weighted by Gasteiger charge is 2.26. The molecule has 0 aliphatic heterocycles. The molecule has 1 N–H and O–H groups in total. The van der Waals surface area contributed by atoms with Crippen LogP contribution in [-0.4, -0.2) is 10.9 Å². The van der Waals surface area contributed by atoms with Gasteiger partial charge in [0.1, 0.15) is 0 Å². The van der Waals surface area contributed by atoms with E-state index in [0.717, 1.165) is 0 Å². The Bertz CT molecular complexity index is 321. The highest BCUT2D eigenvalue weighted by atomic mass is 16.4. The van der Waals surface area contributed by atoms with Gasteiger partial charge in [-0.2, -0.15) is 0 Å². The van der Waals surface area contributed by atoms with Crippen molar-refractivity contribution < 1.29 is 5.21 Å². The van der Waals surface area contributed by atoms with E-state index in [1.807, 2.05) is 6.08 Å². The van der Waals surface area contributed by atoms with Gasteiger partial charge in [0.25, 0.3) is 0 Å². The second-order valence-electron chi connectivity index (χ2n) is 5.01. The fourth-order valence-electron chi connectivity index (χ4n) is 2.25. The van der Waals surface area contributed by atoms with E-state index in [4.69, 9.17) is 5.21 Å². The van der Waals surface area contributed by atoms with Gasteiger partial charge in [0.05, 0.1) is 5.71 Å². The van der Waals surface area contributed by atoms with E-state index in [0.29, 0.717) is 5.71 Å². The lowest BCUT2D eigenvalue weighted by Gasteiger charge is -2.32. The first-order valence-electron chi connectivity index (χ1n) is 5.54. The second-order valence-corrected chi connectivity index (χ2v) is 5.01. The van der Waals surface area contributed by atoms with Crippen LogP contribution in [0.3, 0.4) is 0 Å². The summed E-state index contributed by atoms with van der Waals surface area (Å²) in [7, 11) is 0. The van der Waals surface area contributed by atoms with E-state index in [2.05, 4.69) is 32.0 Å². The summed E-state index contributed by atoms with van der Waals surface area (Å²) in [5.41, 5.74) is 3.77. The highest BCUT2D eigenvalue weighted by molar-refractivity contribution is 5.92. The van der Waals surface area contributed by atoms with Crippen LogP contribution in [0.1, 0.15) is 47.0 Å². The van der Waals surface area contributed by atoms with Crippen LogP contribution in [0.4, 0.5) is 0 Å². The van der Waals surface area contributed by atoms with Crippen LogP contribution in [-0.2, 0) is 0 Å². The van der Waals surface area contributed by atoms with E-state index >= 15 is 0 Å². The average molecular weight is 207 g/mol. The van der Waals surface area contributed by atoms with Crippen molar-refractivity contribution in [1.29, 1.82) is 0 Å². The molecule has 2 heteroatoms. The Morgan fingerprint density at radius 3 is 2.67 bits per heavy atom. The van der Waals surface area contributed by atoms with E-state index < -0.39 is 0 Å². The Balaban J connectivity index is 2.95. The van der Waals surface area contributed by atoms with Crippen LogP contribution < -0.4 is 0 Å². The summed E-state index contributed by atoms with van der Waals surface area (Å²) in [6, 6.07) is 0. The van der Waals surface area contributed by atoms with Crippen molar-refractivity contribution in [3.8, 4) is 0 Å². The van der Waals surface area contributed by atoms with Gasteiger partial charge in [0, 0.05) is 0 Å². The number of rotatable bonds is 2. The summed E-state index contributed by atoms with van der Waals surface area (Å²) in [5.74, 6) is 0. The summed E-state index contributed by atoms with van der Waals surface area (Å²) in [6.45, 7) is 8.55. The lowest BCUT2D eigenvalue weighted by atomic mass is 9.72. The average Bonchev–Trinajstić information content (AvgIpc) is 2.15. The van der Waals surface area contributed by atoms with Crippen LogP contribution in [0.5, 0.6) is 0 Å². The summed E-state index contributed by atoms with van der Waals surface area (Å²) in [4.78, 5) is 0. The fourth-order valence-corrected chi connectivity index (χ4v) is 2.25. The molecule has 1 aliphatic carbocycles. The molecule has 0 amide bonds. The molecule has 0 aromatic rings. The topological polar surface area (TPSA) is 32.6 Å². The molecule has 0 spiro atoms. The standard InChI is InChI=1S/C13H21NO/c1-10-6-5-9-13(3,4)12(10)8-7-11(2)14-15/h7-8,15H,5-6,9H2,1-4H3/b8-7+,14-11-. The molecule has 0 bridgehead atoms. The largest absolute Gasteiger partial charge is 0.411 e. The van der Waals surface area contributed by atoms with Crippen LogP contribution in [0.15, 0.2) is 28.5 Å². The number of hydrogen-bond acceptors (Lipinski definition) is 2. The van der Waals surface area contributed by atoms with Gasteiger partial charge in [-0.1, -0.05) is 30.7 Å². The van der Waals surface area contributed by atoms with E-state index in [-0.39, 0.29) is 5.41 Å². The molecular weight excluding hydrogens is 186 g/mol. The summed E-state index contributed by atoms with van der Waals surface area (Å²) in [5, 5.41) is 11.7. The lowest BCUT2D eigenvalue weighted by molar-refractivity contribution is 0.319. The van der Waals surface area contributed by atoms with E-state index in [9.17, 15) is 0 Å². The molecule has 1 aliphatic rings. The molecule has 0 aromatic heterocycles. The molecule has 0 saturated carbocycles. The van der Waals surface area contributed by atoms with Crippen molar-refractivity contribution in [2.24, 2.45) is 10.6 Å². The Kier molecular flexibility index (Phi) is 3.72. The van der Waals surface area contributed by atoms with Crippen molar-refractivity contribution in [3.05, 3.63) is 23.3 Å². The van der Waals surface area contributed by atoms with Crippen molar-refractivity contribution in [3.63, 3.8) is 0 Å². The zero-order valence-electron chi connectivity index (χ0n) is 10.2. The smallest absolute Gasteiger partial charge is 0.0764 e. The first-order chi connectivity index (χ1) is 6.97. The van der Waals surface area contributed by atoms with Crippen molar-refractivity contribution in [2.75, 3.05) is 0 Å². The monoisotopic (exact) mass is 207 g/mol. The van der Waals surface area contributed by atoms with Crippen molar-refractivity contribution >= 4 is 5.71 Å². The van der Waals surface area contributed by atoms with Gasteiger partial charge in [-0.25, -0.2) is 0 Å². The minimum atomic E-state index is 0.259. The normalized spacial score (nSPS) is 22.5. The Hall–Kier alpha value is -1.05. The number of hydrogen-bond donors (Lipinski definition) is 1. The molecule has 0 radical (unpaired) electrons. The maximum Gasteiger partial charge on any atom is 0.0764 e. The Morgan fingerprint density at radius 1 is 1.47 bits per heavy atom. The second kappa shape index (κ2) is 4.65. The van der Waals surface area contributed by atoms with Gasteiger partial charge in [-0.3, -0.25) is 0 Å². The molecule has 84 valence electrons. The number of nitrogens with zero attached hydrogens (tertiary/aromatic N) is 1. The molecule has 0 saturated heterocycles. The summed E-state index contributed by atoms with van der Waals surface area (Å²) < 4.78 is 0. The summed E-state index contributed by atoms with van der Waals surface area (Å²) >= 11 is 0. The predicted molar refractivity (Wildman–Crippen MR) is 64.4 cm³/mol. The molecule has 0 heterocycles. The van der Waals surface area contributed by atoms with Gasteiger partial charge in [-0.15, -0.1) is 0 Å². The van der Waals surface area contributed by atoms with E-state index in [1.54, 1.807) is 6.92 Å². The van der Waals surface area contributed by atoms with Gasteiger partial charge < -0.3 is 5.21 Å². The van der Waals surface area contributed by atoms with Crippen LogP contribution >= 0.6 is 0 Å². The molecule has 1 rings (SSSR count).